The SMILES string of the molecule is CCc1ccc(/C=C/C(=O)O[C@@H](C)c2nnc(-c3ccccc3)o2)cc1. The molecule has 0 saturated carbocycles. The molecule has 26 heavy (non-hydrogen) atoms. The Labute approximate surface area is 152 Å². The van der Waals surface area contributed by atoms with Crippen LogP contribution in [0.25, 0.3) is 17.5 Å². The van der Waals surface area contributed by atoms with Crippen LogP contribution < -0.4 is 0 Å². The molecule has 0 fully saturated rings. The van der Waals surface area contributed by atoms with Crippen molar-refractivity contribution in [2.45, 2.75) is 26.4 Å². The average Bonchev–Trinajstić information content (AvgIpc) is 3.18. The summed E-state index contributed by atoms with van der Waals surface area (Å²) in [6.45, 7) is 3.80. The van der Waals surface area contributed by atoms with Gasteiger partial charge in [-0.15, -0.1) is 10.2 Å². The summed E-state index contributed by atoms with van der Waals surface area (Å²) >= 11 is 0. The number of rotatable bonds is 6. The van der Waals surface area contributed by atoms with E-state index in [2.05, 4.69) is 17.1 Å². The van der Waals surface area contributed by atoms with Crippen molar-refractivity contribution in [1.29, 1.82) is 0 Å². The second kappa shape index (κ2) is 8.25. The van der Waals surface area contributed by atoms with Gasteiger partial charge in [0.05, 0.1) is 0 Å². The standard InChI is InChI=1S/C21H20N2O3/c1-3-16-9-11-17(12-10-16)13-14-19(24)25-15(2)20-22-23-21(26-20)18-7-5-4-6-8-18/h4-15H,3H2,1-2H3/b14-13+/t15-/m0/s1. The number of carbonyl (C=O) groups excluding carboxylic acids is 1. The zero-order valence-electron chi connectivity index (χ0n) is 14.8. The Hall–Kier alpha value is -3.21. The molecule has 0 aliphatic heterocycles. The zero-order chi connectivity index (χ0) is 18.4. The molecule has 0 aliphatic rings. The number of esters is 1. The van der Waals surface area contributed by atoms with E-state index in [0.29, 0.717) is 5.89 Å². The number of hydrogen-bond donors (Lipinski definition) is 0. The van der Waals surface area contributed by atoms with Crippen LogP contribution in [0.1, 0.15) is 37.0 Å². The van der Waals surface area contributed by atoms with Gasteiger partial charge in [0.15, 0.2) is 6.10 Å². The maximum Gasteiger partial charge on any atom is 0.331 e. The first-order valence-corrected chi connectivity index (χ1v) is 8.52. The topological polar surface area (TPSA) is 65.2 Å². The van der Waals surface area contributed by atoms with Crippen LogP contribution in [0.5, 0.6) is 0 Å². The predicted molar refractivity (Wildman–Crippen MR) is 99.1 cm³/mol. The lowest BCUT2D eigenvalue weighted by Crippen LogP contribution is -2.06. The summed E-state index contributed by atoms with van der Waals surface area (Å²) in [7, 11) is 0. The average molecular weight is 348 g/mol. The van der Waals surface area contributed by atoms with E-state index >= 15 is 0 Å². The van der Waals surface area contributed by atoms with Crippen LogP contribution >= 0.6 is 0 Å². The van der Waals surface area contributed by atoms with Crippen LogP contribution in [0.15, 0.2) is 65.1 Å². The van der Waals surface area contributed by atoms with Gasteiger partial charge in [-0.05, 0) is 42.7 Å². The molecule has 3 aromatic rings. The summed E-state index contributed by atoms with van der Waals surface area (Å²) in [5.41, 5.74) is 3.01. The van der Waals surface area contributed by atoms with Crippen molar-refractivity contribution in [1.82, 2.24) is 10.2 Å². The molecule has 1 heterocycles. The first kappa shape index (κ1) is 17.6. The van der Waals surface area contributed by atoms with E-state index in [0.717, 1.165) is 17.5 Å². The van der Waals surface area contributed by atoms with Gasteiger partial charge in [0.1, 0.15) is 0 Å². The molecule has 1 atom stereocenters. The highest BCUT2D eigenvalue weighted by molar-refractivity contribution is 5.87. The van der Waals surface area contributed by atoms with Crippen molar-refractivity contribution >= 4 is 12.0 Å². The Morgan fingerprint density at radius 2 is 1.85 bits per heavy atom. The smallest absolute Gasteiger partial charge is 0.331 e. The molecule has 132 valence electrons. The third kappa shape index (κ3) is 4.45. The number of nitrogens with zero attached hydrogens (tertiary/aromatic N) is 2. The number of carbonyl (C=O) groups is 1. The number of benzene rings is 2. The maximum atomic E-state index is 12.0. The Kier molecular flexibility index (Phi) is 5.59. The maximum absolute atomic E-state index is 12.0. The first-order valence-electron chi connectivity index (χ1n) is 8.52. The van der Waals surface area contributed by atoms with Crippen molar-refractivity contribution in [3.63, 3.8) is 0 Å². The molecule has 0 aliphatic carbocycles. The van der Waals surface area contributed by atoms with Gasteiger partial charge >= 0.3 is 5.97 Å². The van der Waals surface area contributed by atoms with Crippen LogP contribution in [0.4, 0.5) is 0 Å². The highest BCUT2D eigenvalue weighted by Crippen LogP contribution is 2.22. The number of aromatic nitrogens is 2. The summed E-state index contributed by atoms with van der Waals surface area (Å²) in [6, 6.07) is 17.5. The van der Waals surface area contributed by atoms with Crippen LogP contribution in [-0.4, -0.2) is 16.2 Å². The molecular formula is C21H20N2O3. The molecule has 3 rings (SSSR count). The van der Waals surface area contributed by atoms with Gasteiger partial charge in [-0.3, -0.25) is 0 Å². The van der Waals surface area contributed by atoms with E-state index in [1.54, 1.807) is 13.0 Å². The molecule has 0 saturated heterocycles. The van der Waals surface area contributed by atoms with Gasteiger partial charge in [0.2, 0.25) is 5.89 Å². The minimum Gasteiger partial charge on any atom is -0.449 e. The van der Waals surface area contributed by atoms with Crippen LogP contribution in [0.3, 0.4) is 0 Å². The molecule has 1 aromatic heterocycles. The molecule has 0 radical (unpaired) electrons. The largest absolute Gasteiger partial charge is 0.449 e. The molecule has 5 heteroatoms. The molecule has 5 nitrogen and oxygen atoms in total. The van der Waals surface area contributed by atoms with Crippen LogP contribution in [0, 0.1) is 0 Å². The van der Waals surface area contributed by atoms with Gasteiger partial charge in [-0.2, -0.15) is 0 Å². The lowest BCUT2D eigenvalue weighted by molar-refractivity contribution is -0.143. The van der Waals surface area contributed by atoms with Gasteiger partial charge in [-0.25, -0.2) is 4.79 Å². The minimum atomic E-state index is -0.625. The monoisotopic (exact) mass is 348 g/mol. The Morgan fingerprint density at radius 1 is 1.12 bits per heavy atom. The summed E-state index contributed by atoms with van der Waals surface area (Å²) in [5.74, 6) is 0.199. The molecule has 0 bridgehead atoms. The fraction of sp³-hybridized carbons (Fsp3) is 0.190. The third-order valence-electron chi connectivity index (χ3n) is 3.90. The number of ether oxygens (including phenoxy) is 1. The number of hydrogen-bond acceptors (Lipinski definition) is 5. The summed E-state index contributed by atoms with van der Waals surface area (Å²) in [5, 5.41) is 7.96. The Morgan fingerprint density at radius 3 is 2.54 bits per heavy atom. The van der Waals surface area contributed by atoms with Gasteiger partial charge < -0.3 is 9.15 Å². The van der Waals surface area contributed by atoms with Crippen molar-refractivity contribution in [2.75, 3.05) is 0 Å². The molecule has 0 unspecified atom stereocenters. The fourth-order valence-corrected chi connectivity index (χ4v) is 2.39. The van der Waals surface area contributed by atoms with Gasteiger partial charge in [0, 0.05) is 11.6 Å². The predicted octanol–water partition coefficient (Wildman–Crippen LogP) is 4.62. The lowest BCUT2D eigenvalue weighted by Gasteiger charge is -2.06. The quantitative estimate of drug-likeness (QED) is 0.480. The summed E-state index contributed by atoms with van der Waals surface area (Å²) in [6.07, 6.45) is 3.47. The van der Waals surface area contributed by atoms with Gasteiger partial charge in [0.25, 0.3) is 5.89 Å². The highest BCUT2D eigenvalue weighted by Gasteiger charge is 2.17. The van der Waals surface area contributed by atoms with Crippen molar-refractivity contribution in [2.24, 2.45) is 0 Å². The molecule has 0 amide bonds. The van der Waals surface area contributed by atoms with Crippen LogP contribution in [-0.2, 0) is 16.0 Å². The van der Waals surface area contributed by atoms with Crippen molar-refractivity contribution in [3.05, 3.63) is 77.7 Å². The van der Waals surface area contributed by atoms with Crippen LogP contribution in [0.2, 0.25) is 0 Å². The van der Waals surface area contributed by atoms with E-state index in [-0.39, 0.29) is 5.89 Å². The first-order chi connectivity index (χ1) is 12.7. The van der Waals surface area contributed by atoms with E-state index in [1.165, 1.54) is 11.6 Å². The second-order valence-corrected chi connectivity index (χ2v) is 5.82. The fourth-order valence-electron chi connectivity index (χ4n) is 2.39. The third-order valence-corrected chi connectivity index (χ3v) is 3.90. The highest BCUT2D eigenvalue weighted by atomic mass is 16.6. The number of aryl methyl sites for hydroxylation is 1. The molecule has 2 aromatic carbocycles. The Bertz CT molecular complexity index is 883. The summed E-state index contributed by atoms with van der Waals surface area (Å²) < 4.78 is 10.9. The summed E-state index contributed by atoms with van der Waals surface area (Å²) in [4.78, 5) is 12.0. The van der Waals surface area contributed by atoms with E-state index < -0.39 is 12.1 Å². The van der Waals surface area contributed by atoms with Crippen molar-refractivity contribution < 1.29 is 13.9 Å². The van der Waals surface area contributed by atoms with Crippen molar-refractivity contribution in [3.8, 4) is 11.5 Å². The lowest BCUT2D eigenvalue weighted by atomic mass is 10.1. The molecule has 0 N–H and O–H groups in total. The van der Waals surface area contributed by atoms with Gasteiger partial charge in [-0.1, -0.05) is 49.4 Å². The Balaban J connectivity index is 1.60. The van der Waals surface area contributed by atoms with E-state index in [4.69, 9.17) is 9.15 Å². The molecule has 0 spiro atoms. The molecular weight excluding hydrogens is 328 g/mol. The zero-order valence-corrected chi connectivity index (χ0v) is 14.8. The van der Waals surface area contributed by atoms with E-state index in [9.17, 15) is 4.79 Å². The normalized spacial score (nSPS) is 12.2. The van der Waals surface area contributed by atoms with E-state index in [1.807, 2.05) is 54.6 Å². The second-order valence-electron chi connectivity index (χ2n) is 5.82. The minimum absolute atomic E-state index is 0.262.